The van der Waals surface area contributed by atoms with Gasteiger partial charge in [0.25, 0.3) is 5.56 Å². The second-order valence-electron chi connectivity index (χ2n) is 7.62. The fourth-order valence-electron chi connectivity index (χ4n) is 3.97. The third-order valence-corrected chi connectivity index (χ3v) is 5.61. The van der Waals surface area contributed by atoms with E-state index in [2.05, 4.69) is 4.98 Å². The zero-order valence-electron chi connectivity index (χ0n) is 17.7. The highest BCUT2D eigenvalue weighted by Crippen LogP contribution is 2.22. The van der Waals surface area contributed by atoms with Crippen LogP contribution in [0.15, 0.2) is 64.3 Å². The minimum absolute atomic E-state index is 0.0349. The molecule has 0 aliphatic carbocycles. The first kappa shape index (κ1) is 19.8. The standard InChI is InChI=1S/C23H20FN5O3/c1-14-12-27-19-20(25-22(27)29(14)17-8-10-18(32-3)11-9-17)26(2)23(31)28(21(19)30)13-15-4-6-16(24)7-5-15/h4-12H,13H2,1-3H3. The van der Waals surface area contributed by atoms with Crippen molar-refractivity contribution in [2.45, 2.75) is 13.5 Å². The molecule has 0 amide bonds. The maximum absolute atomic E-state index is 13.4. The molecule has 5 aromatic rings. The van der Waals surface area contributed by atoms with Gasteiger partial charge in [-0.05, 0) is 48.9 Å². The van der Waals surface area contributed by atoms with Gasteiger partial charge in [-0.3, -0.25) is 22.9 Å². The quantitative estimate of drug-likeness (QED) is 0.437. The molecule has 0 atom stereocenters. The number of halogens is 1. The molecule has 0 spiro atoms. The Balaban J connectivity index is 1.75. The molecule has 5 rings (SSSR count). The normalized spacial score (nSPS) is 11.5. The SMILES string of the molecule is COc1ccc(-n2c(C)cn3c4c(=O)n(Cc5ccc(F)cc5)c(=O)n(C)c4nc23)cc1. The molecule has 0 aliphatic rings. The number of aryl methyl sites for hydroxylation is 2. The highest BCUT2D eigenvalue weighted by atomic mass is 19.1. The summed E-state index contributed by atoms with van der Waals surface area (Å²) >= 11 is 0. The minimum atomic E-state index is -0.486. The van der Waals surface area contributed by atoms with E-state index in [-0.39, 0.29) is 12.4 Å². The summed E-state index contributed by atoms with van der Waals surface area (Å²) in [7, 11) is 3.19. The van der Waals surface area contributed by atoms with Gasteiger partial charge >= 0.3 is 5.69 Å². The lowest BCUT2D eigenvalue weighted by Crippen LogP contribution is -2.39. The molecule has 0 saturated heterocycles. The van der Waals surface area contributed by atoms with E-state index in [4.69, 9.17) is 4.74 Å². The Morgan fingerprint density at radius 2 is 1.72 bits per heavy atom. The summed E-state index contributed by atoms with van der Waals surface area (Å²) in [5.41, 5.74) is 2.04. The van der Waals surface area contributed by atoms with Crippen molar-refractivity contribution >= 4 is 16.9 Å². The maximum atomic E-state index is 13.4. The molecule has 0 aliphatic heterocycles. The first-order chi connectivity index (χ1) is 15.4. The number of fused-ring (bicyclic) bond motifs is 3. The number of rotatable bonds is 4. The molecule has 3 heterocycles. The number of hydrogen-bond donors (Lipinski definition) is 0. The highest BCUT2D eigenvalue weighted by Gasteiger charge is 2.21. The lowest BCUT2D eigenvalue weighted by Gasteiger charge is -2.08. The van der Waals surface area contributed by atoms with Crippen molar-refractivity contribution in [3.8, 4) is 11.4 Å². The van der Waals surface area contributed by atoms with Crippen molar-refractivity contribution < 1.29 is 9.13 Å². The first-order valence-electron chi connectivity index (χ1n) is 9.98. The first-order valence-corrected chi connectivity index (χ1v) is 9.98. The second kappa shape index (κ2) is 7.23. The van der Waals surface area contributed by atoms with E-state index in [0.717, 1.165) is 21.7 Å². The minimum Gasteiger partial charge on any atom is -0.497 e. The van der Waals surface area contributed by atoms with Gasteiger partial charge in [0, 0.05) is 24.6 Å². The molecule has 3 aromatic heterocycles. The van der Waals surface area contributed by atoms with E-state index < -0.39 is 11.2 Å². The van der Waals surface area contributed by atoms with E-state index in [1.165, 1.54) is 16.7 Å². The summed E-state index contributed by atoms with van der Waals surface area (Å²) in [5, 5.41) is 0. The van der Waals surface area contributed by atoms with Crippen LogP contribution in [0.5, 0.6) is 5.75 Å². The Labute approximate surface area is 181 Å². The smallest absolute Gasteiger partial charge is 0.332 e. The predicted molar refractivity (Wildman–Crippen MR) is 118 cm³/mol. The van der Waals surface area contributed by atoms with Gasteiger partial charge in [-0.25, -0.2) is 9.18 Å². The number of methoxy groups -OCH3 is 1. The topological polar surface area (TPSA) is 75.5 Å². The summed E-state index contributed by atoms with van der Waals surface area (Å²) in [4.78, 5) is 31.0. The van der Waals surface area contributed by atoms with Crippen LogP contribution in [0.3, 0.4) is 0 Å². The van der Waals surface area contributed by atoms with E-state index in [1.54, 1.807) is 30.7 Å². The molecule has 162 valence electrons. The average Bonchev–Trinajstić information content (AvgIpc) is 3.31. The van der Waals surface area contributed by atoms with Crippen molar-refractivity contribution in [3.63, 3.8) is 0 Å². The predicted octanol–water partition coefficient (Wildman–Crippen LogP) is 2.64. The number of imidazole rings is 2. The van der Waals surface area contributed by atoms with E-state index in [1.807, 2.05) is 42.0 Å². The number of nitrogens with zero attached hydrogens (tertiary/aromatic N) is 5. The van der Waals surface area contributed by atoms with Crippen LogP contribution in [0.1, 0.15) is 11.3 Å². The van der Waals surface area contributed by atoms with Crippen molar-refractivity contribution in [1.29, 1.82) is 0 Å². The molecule has 32 heavy (non-hydrogen) atoms. The fraction of sp³-hybridized carbons (Fsp3) is 0.174. The van der Waals surface area contributed by atoms with Gasteiger partial charge in [-0.1, -0.05) is 12.1 Å². The van der Waals surface area contributed by atoms with Crippen LogP contribution in [0, 0.1) is 12.7 Å². The molecule has 0 unspecified atom stereocenters. The molecule has 0 N–H and O–H groups in total. The Morgan fingerprint density at radius 3 is 2.38 bits per heavy atom. The van der Waals surface area contributed by atoms with Crippen LogP contribution in [-0.4, -0.2) is 30.2 Å². The zero-order chi connectivity index (χ0) is 22.6. The van der Waals surface area contributed by atoms with E-state index in [9.17, 15) is 14.0 Å². The van der Waals surface area contributed by atoms with E-state index in [0.29, 0.717) is 22.5 Å². The van der Waals surface area contributed by atoms with Crippen LogP contribution < -0.4 is 16.0 Å². The average molecular weight is 433 g/mol. The number of ether oxygens (including phenoxy) is 1. The molecule has 2 aromatic carbocycles. The molecular formula is C23H20FN5O3. The van der Waals surface area contributed by atoms with Gasteiger partial charge in [0.15, 0.2) is 11.2 Å². The Morgan fingerprint density at radius 1 is 1.03 bits per heavy atom. The summed E-state index contributed by atoms with van der Waals surface area (Å²) in [6.45, 7) is 1.96. The van der Waals surface area contributed by atoms with Crippen molar-refractivity contribution in [1.82, 2.24) is 23.1 Å². The number of aromatic nitrogens is 5. The monoisotopic (exact) mass is 433 g/mol. The third kappa shape index (κ3) is 2.93. The van der Waals surface area contributed by atoms with Crippen molar-refractivity contribution in [2.75, 3.05) is 7.11 Å². The molecule has 0 radical (unpaired) electrons. The summed E-state index contributed by atoms with van der Waals surface area (Å²) < 4.78 is 24.6. The molecule has 0 saturated carbocycles. The highest BCUT2D eigenvalue weighted by molar-refractivity contribution is 5.76. The molecule has 9 heteroatoms. The Bertz CT molecular complexity index is 1590. The lowest BCUT2D eigenvalue weighted by molar-refractivity contribution is 0.414. The van der Waals surface area contributed by atoms with Crippen LogP contribution in [0.4, 0.5) is 4.39 Å². The van der Waals surface area contributed by atoms with E-state index >= 15 is 0 Å². The van der Waals surface area contributed by atoms with Crippen LogP contribution >= 0.6 is 0 Å². The summed E-state index contributed by atoms with van der Waals surface area (Å²) in [5.74, 6) is 0.876. The lowest BCUT2D eigenvalue weighted by atomic mass is 10.2. The molecule has 0 fully saturated rings. The molecular weight excluding hydrogens is 413 g/mol. The number of hydrogen-bond acceptors (Lipinski definition) is 4. The van der Waals surface area contributed by atoms with Gasteiger partial charge < -0.3 is 4.74 Å². The van der Waals surface area contributed by atoms with Crippen LogP contribution in [0.25, 0.3) is 22.6 Å². The summed E-state index contributed by atoms with van der Waals surface area (Å²) in [6, 6.07) is 13.2. The Kier molecular flexibility index (Phi) is 4.47. The van der Waals surface area contributed by atoms with Gasteiger partial charge in [0.1, 0.15) is 11.6 Å². The molecule has 8 nitrogen and oxygen atoms in total. The second-order valence-corrected chi connectivity index (χ2v) is 7.62. The summed E-state index contributed by atoms with van der Waals surface area (Å²) in [6.07, 6.45) is 1.82. The van der Waals surface area contributed by atoms with Crippen LogP contribution in [-0.2, 0) is 13.6 Å². The van der Waals surface area contributed by atoms with Crippen molar-refractivity contribution in [2.24, 2.45) is 7.05 Å². The third-order valence-electron chi connectivity index (χ3n) is 5.61. The largest absolute Gasteiger partial charge is 0.497 e. The van der Waals surface area contributed by atoms with Gasteiger partial charge in [-0.2, -0.15) is 4.98 Å². The fourth-order valence-corrected chi connectivity index (χ4v) is 3.97. The molecule has 0 bridgehead atoms. The zero-order valence-corrected chi connectivity index (χ0v) is 17.7. The number of benzene rings is 2. The van der Waals surface area contributed by atoms with Crippen LogP contribution in [0.2, 0.25) is 0 Å². The maximum Gasteiger partial charge on any atom is 0.332 e. The van der Waals surface area contributed by atoms with Gasteiger partial charge in [0.2, 0.25) is 5.78 Å². The van der Waals surface area contributed by atoms with Gasteiger partial charge in [-0.15, -0.1) is 0 Å². The van der Waals surface area contributed by atoms with Crippen molar-refractivity contribution in [3.05, 3.63) is 92.6 Å². The van der Waals surface area contributed by atoms with Gasteiger partial charge in [0.05, 0.1) is 13.7 Å². The Hall–Kier alpha value is -4.14.